The van der Waals surface area contributed by atoms with E-state index in [2.05, 4.69) is 10.6 Å². The third-order valence-electron chi connectivity index (χ3n) is 3.54. The van der Waals surface area contributed by atoms with Crippen molar-refractivity contribution in [1.82, 2.24) is 10.6 Å². The van der Waals surface area contributed by atoms with E-state index in [1.807, 2.05) is 0 Å². The summed E-state index contributed by atoms with van der Waals surface area (Å²) in [5.74, 6) is 0.219. The van der Waals surface area contributed by atoms with Crippen LogP contribution in [-0.4, -0.2) is 54.1 Å². The van der Waals surface area contributed by atoms with Crippen LogP contribution in [0, 0.1) is 0 Å². The molecule has 0 aliphatic carbocycles. The van der Waals surface area contributed by atoms with Gasteiger partial charge in [0.15, 0.2) is 0 Å². The SMILES string of the molecule is CC(=O)[N+]12CNC[N+](C(C)=O)(CNC1)C2. The van der Waals surface area contributed by atoms with Crippen molar-refractivity contribution in [2.75, 3.05) is 33.3 Å². The highest BCUT2D eigenvalue weighted by atomic mass is 16.2. The van der Waals surface area contributed by atoms with E-state index in [1.165, 1.54) is 0 Å². The molecule has 2 amide bonds. The van der Waals surface area contributed by atoms with Gasteiger partial charge in [-0.3, -0.25) is 0 Å². The number of quaternary nitrogens is 2. The van der Waals surface area contributed by atoms with E-state index < -0.39 is 0 Å². The van der Waals surface area contributed by atoms with Gasteiger partial charge in [0.25, 0.3) is 0 Å². The minimum atomic E-state index is 0.109. The fourth-order valence-corrected chi connectivity index (χ4v) is 2.43. The van der Waals surface area contributed by atoms with Gasteiger partial charge in [0.2, 0.25) is 6.67 Å². The van der Waals surface area contributed by atoms with Crippen molar-refractivity contribution >= 4 is 11.8 Å². The third-order valence-corrected chi connectivity index (χ3v) is 3.54. The van der Waals surface area contributed by atoms with Gasteiger partial charge in [-0.2, -0.15) is 8.97 Å². The van der Waals surface area contributed by atoms with E-state index >= 15 is 0 Å². The first-order valence-electron chi connectivity index (χ1n) is 5.17. The minimum Gasteiger partial charge on any atom is -0.231 e. The lowest BCUT2D eigenvalue weighted by Gasteiger charge is -2.50. The van der Waals surface area contributed by atoms with Crippen LogP contribution in [0.1, 0.15) is 13.8 Å². The van der Waals surface area contributed by atoms with Crippen LogP contribution in [0.4, 0.5) is 0 Å². The Morgan fingerprint density at radius 3 is 1.47 bits per heavy atom. The molecule has 84 valence electrons. The van der Waals surface area contributed by atoms with Crippen LogP contribution >= 0.6 is 0 Å². The largest absolute Gasteiger partial charge is 0.317 e. The van der Waals surface area contributed by atoms with Gasteiger partial charge in [0, 0.05) is 0 Å². The molecule has 2 N–H and O–H groups in total. The molecule has 0 aromatic carbocycles. The first-order valence-corrected chi connectivity index (χ1v) is 5.17. The number of hydrogen-bond acceptors (Lipinski definition) is 4. The van der Waals surface area contributed by atoms with Gasteiger partial charge < -0.3 is 0 Å². The summed E-state index contributed by atoms with van der Waals surface area (Å²) in [5, 5.41) is 6.39. The minimum absolute atomic E-state index is 0.109. The Balaban J connectivity index is 2.32. The molecule has 2 heterocycles. The maximum absolute atomic E-state index is 11.7. The number of nitrogens with one attached hydrogen (secondary N) is 2. The zero-order valence-electron chi connectivity index (χ0n) is 9.25. The quantitative estimate of drug-likeness (QED) is 0.492. The number of amides is 2. The van der Waals surface area contributed by atoms with E-state index in [0.717, 1.165) is 0 Å². The topological polar surface area (TPSA) is 58.2 Å². The third kappa shape index (κ3) is 1.50. The Hall–Kier alpha value is -0.820. The number of carbonyl (C=O) groups is 2. The maximum Gasteiger partial charge on any atom is 0.317 e. The van der Waals surface area contributed by atoms with Crippen molar-refractivity contribution in [3.63, 3.8) is 0 Å². The Morgan fingerprint density at radius 2 is 1.20 bits per heavy atom. The summed E-state index contributed by atoms with van der Waals surface area (Å²) in [6, 6.07) is 0. The lowest BCUT2D eigenvalue weighted by atomic mass is 10.3. The Morgan fingerprint density at radius 1 is 0.867 bits per heavy atom. The summed E-state index contributed by atoms with van der Waals surface area (Å²) in [5.41, 5.74) is 0. The molecule has 0 aromatic rings. The molecule has 2 aliphatic rings. The molecule has 2 aliphatic heterocycles. The monoisotopic (exact) mass is 214 g/mol. The summed E-state index contributed by atoms with van der Waals surface area (Å²) in [4.78, 5) is 23.3. The summed E-state index contributed by atoms with van der Waals surface area (Å²) < 4.78 is 0.638. The van der Waals surface area contributed by atoms with Gasteiger partial charge in [-0.25, -0.2) is 20.2 Å². The predicted molar refractivity (Wildman–Crippen MR) is 52.5 cm³/mol. The number of nitrogens with zero attached hydrogens (tertiary/aromatic N) is 2. The van der Waals surface area contributed by atoms with E-state index in [0.29, 0.717) is 42.3 Å². The number of fused-ring (bicyclic) bond motifs is 2. The predicted octanol–water partition coefficient (Wildman–Crippen LogP) is -1.29. The smallest absolute Gasteiger partial charge is 0.231 e. The lowest BCUT2D eigenvalue weighted by Crippen LogP contribution is -2.81. The number of carbonyl (C=O) groups excluding carboxylic acids is 2. The van der Waals surface area contributed by atoms with Gasteiger partial charge in [0.05, 0.1) is 13.8 Å². The molecule has 0 spiro atoms. The zero-order chi connectivity index (χ0) is 11.1. The molecule has 6 nitrogen and oxygen atoms in total. The Labute approximate surface area is 89.0 Å². The fraction of sp³-hybridized carbons (Fsp3) is 0.778. The molecule has 2 fully saturated rings. The molecule has 6 heteroatoms. The normalized spacial score (nSPS) is 39.9. The molecule has 0 unspecified atom stereocenters. The van der Waals surface area contributed by atoms with Crippen LogP contribution in [0.25, 0.3) is 0 Å². The molecule has 15 heavy (non-hydrogen) atoms. The van der Waals surface area contributed by atoms with Crippen molar-refractivity contribution in [3.05, 3.63) is 0 Å². The first-order chi connectivity index (χ1) is 7.01. The second kappa shape index (κ2) is 3.34. The van der Waals surface area contributed by atoms with Crippen LogP contribution in [0.2, 0.25) is 0 Å². The van der Waals surface area contributed by atoms with Gasteiger partial charge in [0.1, 0.15) is 26.7 Å². The fourth-order valence-electron chi connectivity index (χ4n) is 2.43. The molecule has 0 radical (unpaired) electrons. The van der Waals surface area contributed by atoms with Crippen LogP contribution in [0.3, 0.4) is 0 Å². The van der Waals surface area contributed by atoms with Gasteiger partial charge >= 0.3 is 11.8 Å². The highest BCUT2D eigenvalue weighted by Gasteiger charge is 2.53. The summed E-state index contributed by atoms with van der Waals surface area (Å²) >= 11 is 0. The molecule has 2 bridgehead atoms. The lowest BCUT2D eigenvalue weighted by molar-refractivity contribution is -1.07. The average Bonchev–Trinajstić information content (AvgIpc) is 2.17. The van der Waals surface area contributed by atoms with E-state index in [-0.39, 0.29) is 11.8 Å². The second-order valence-corrected chi connectivity index (χ2v) is 4.60. The van der Waals surface area contributed by atoms with Crippen molar-refractivity contribution in [2.24, 2.45) is 0 Å². The first kappa shape index (κ1) is 10.7. The van der Waals surface area contributed by atoms with E-state index in [1.54, 1.807) is 13.8 Å². The Bertz CT molecular complexity index is 277. The van der Waals surface area contributed by atoms with Crippen molar-refractivity contribution in [1.29, 1.82) is 0 Å². The van der Waals surface area contributed by atoms with Crippen molar-refractivity contribution < 1.29 is 18.6 Å². The molecule has 0 aromatic heterocycles. The standard InChI is InChI=1S/C9H18N4O2/c1-8(14)12-3-10-5-13(7-12,9(2)15)6-11-4-12/h10-11H,3-7H2,1-2H3/q+2. The molecular formula is C9H18N4O2+2. The molecule has 2 saturated heterocycles. The van der Waals surface area contributed by atoms with Crippen LogP contribution in [0.5, 0.6) is 0 Å². The van der Waals surface area contributed by atoms with Gasteiger partial charge in [-0.05, 0) is 0 Å². The van der Waals surface area contributed by atoms with E-state index in [4.69, 9.17) is 0 Å². The molecule has 0 atom stereocenters. The van der Waals surface area contributed by atoms with Crippen LogP contribution in [0.15, 0.2) is 0 Å². The van der Waals surface area contributed by atoms with Crippen LogP contribution < -0.4 is 10.6 Å². The molecule has 0 saturated carbocycles. The number of hydrogen-bond donors (Lipinski definition) is 2. The van der Waals surface area contributed by atoms with Gasteiger partial charge in [-0.15, -0.1) is 0 Å². The molecule has 2 rings (SSSR count). The molecular weight excluding hydrogens is 196 g/mol. The zero-order valence-corrected chi connectivity index (χ0v) is 9.25. The highest BCUT2D eigenvalue weighted by Crippen LogP contribution is 2.22. The summed E-state index contributed by atoms with van der Waals surface area (Å²) in [6.07, 6.45) is 0. The Kier molecular flexibility index (Phi) is 2.38. The van der Waals surface area contributed by atoms with Crippen molar-refractivity contribution in [3.8, 4) is 0 Å². The summed E-state index contributed by atoms with van der Waals surface area (Å²) in [6.45, 7) is 6.25. The maximum atomic E-state index is 11.7. The summed E-state index contributed by atoms with van der Waals surface area (Å²) in [7, 11) is 0. The van der Waals surface area contributed by atoms with Crippen molar-refractivity contribution in [2.45, 2.75) is 13.8 Å². The highest BCUT2D eigenvalue weighted by molar-refractivity contribution is 5.67. The van der Waals surface area contributed by atoms with E-state index in [9.17, 15) is 9.59 Å². The van der Waals surface area contributed by atoms with Gasteiger partial charge in [-0.1, -0.05) is 0 Å². The average molecular weight is 214 g/mol. The number of rotatable bonds is 0. The second-order valence-electron chi connectivity index (χ2n) is 4.60. The van der Waals surface area contributed by atoms with Crippen LogP contribution in [-0.2, 0) is 9.59 Å².